The predicted octanol–water partition coefficient (Wildman–Crippen LogP) is 4.69. The van der Waals surface area contributed by atoms with Gasteiger partial charge in [-0.15, -0.1) is 10.2 Å². The largest absolute Gasteiger partial charge is 0.353 e. The molecule has 1 aromatic heterocycles. The summed E-state index contributed by atoms with van der Waals surface area (Å²) >= 11 is 6.24. The van der Waals surface area contributed by atoms with Crippen molar-refractivity contribution in [2.24, 2.45) is 0 Å². The Morgan fingerprint density at radius 2 is 1.69 bits per heavy atom. The van der Waals surface area contributed by atoms with E-state index >= 15 is 0 Å². The molecule has 7 nitrogen and oxygen atoms in total. The van der Waals surface area contributed by atoms with Crippen molar-refractivity contribution in [3.8, 4) is 11.3 Å². The van der Waals surface area contributed by atoms with Crippen molar-refractivity contribution in [3.05, 3.63) is 76.8 Å². The monoisotopic (exact) mass is 505 g/mol. The highest BCUT2D eigenvalue weighted by molar-refractivity contribution is 6.33. The first kappa shape index (κ1) is 25.6. The number of hydrogen-bond acceptors (Lipinski definition) is 5. The third-order valence-electron chi connectivity index (χ3n) is 6.46. The van der Waals surface area contributed by atoms with Gasteiger partial charge in [-0.1, -0.05) is 53.6 Å². The molecule has 2 aromatic carbocycles. The molecule has 0 radical (unpaired) electrons. The SMILES string of the molecule is Cc1ccc(-c2ccc(N3CCCN(C(=O)CN(C(=O)c4ccccc4Cl)C(C)C)CC3)nn2)cc1. The number of amides is 2. The van der Waals surface area contributed by atoms with Gasteiger partial charge in [0.05, 0.1) is 16.3 Å². The molecule has 0 spiro atoms. The summed E-state index contributed by atoms with van der Waals surface area (Å²) in [4.78, 5) is 31.9. The maximum atomic E-state index is 13.2. The molecule has 1 aliphatic heterocycles. The smallest absolute Gasteiger partial charge is 0.256 e. The molecule has 1 fully saturated rings. The maximum absolute atomic E-state index is 13.2. The van der Waals surface area contributed by atoms with Gasteiger partial charge in [-0.2, -0.15) is 0 Å². The summed E-state index contributed by atoms with van der Waals surface area (Å²) in [6.45, 7) is 8.54. The van der Waals surface area contributed by atoms with Gasteiger partial charge in [0.15, 0.2) is 5.82 Å². The quantitative estimate of drug-likeness (QED) is 0.486. The van der Waals surface area contributed by atoms with Gasteiger partial charge in [-0.05, 0) is 51.5 Å². The van der Waals surface area contributed by atoms with Crippen molar-refractivity contribution >= 4 is 29.2 Å². The van der Waals surface area contributed by atoms with Gasteiger partial charge in [0, 0.05) is 37.8 Å². The minimum Gasteiger partial charge on any atom is -0.353 e. The van der Waals surface area contributed by atoms with E-state index in [-0.39, 0.29) is 24.4 Å². The van der Waals surface area contributed by atoms with Gasteiger partial charge in [-0.3, -0.25) is 9.59 Å². The van der Waals surface area contributed by atoms with Crippen LogP contribution in [0.5, 0.6) is 0 Å². The fraction of sp³-hybridized carbons (Fsp3) is 0.357. The van der Waals surface area contributed by atoms with E-state index in [0.29, 0.717) is 30.2 Å². The van der Waals surface area contributed by atoms with Crippen molar-refractivity contribution in [1.29, 1.82) is 0 Å². The Labute approximate surface area is 217 Å². The summed E-state index contributed by atoms with van der Waals surface area (Å²) in [6.07, 6.45) is 0.813. The lowest BCUT2D eigenvalue weighted by atomic mass is 10.1. The molecule has 0 N–H and O–H groups in total. The third kappa shape index (κ3) is 6.02. The van der Waals surface area contributed by atoms with Gasteiger partial charge in [-0.25, -0.2) is 0 Å². The van der Waals surface area contributed by atoms with Crippen LogP contribution in [0, 0.1) is 6.92 Å². The minimum absolute atomic E-state index is 0.0206. The molecule has 0 aliphatic carbocycles. The van der Waals surface area contributed by atoms with Gasteiger partial charge >= 0.3 is 0 Å². The number of hydrogen-bond donors (Lipinski definition) is 0. The first-order valence-corrected chi connectivity index (χ1v) is 12.7. The Morgan fingerprint density at radius 1 is 0.944 bits per heavy atom. The molecular weight excluding hydrogens is 474 g/mol. The second-order valence-electron chi connectivity index (χ2n) is 9.37. The number of anilines is 1. The van der Waals surface area contributed by atoms with Crippen LogP contribution in [0.25, 0.3) is 11.3 Å². The van der Waals surface area contributed by atoms with Crippen molar-refractivity contribution in [2.45, 2.75) is 33.2 Å². The number of rotatable bonds is 6. The molecule has 0 bridgehead atoms. The Kier molecular flexibility index (Phi) is 8.21. The van der Waals surface area contributed by atoms with Crippen LogP contribution in [0.1, 0.15) is 36.2 Å². The highest BCUT2D eigenvalue weighted by Gasteiger charge is 2.27. The molecule has 36 heavy (non-hydrogen) atoms. The zero-order chi connectivity index (χ0) is 25.7. The van der Waals surface area contributed by atoms with E-state index in [1.54, 1.807) is 29.2 Å². The highest BCUT2D eigenvalue weighted by atomic mass is 35.5. The Morgan fingerprint density at radius 3 is 2.36 bits per heavy atom. The zero-order valence-corrected chi connectivity index (χ0v) is 21.8. The van der Waals surface area contributed by atoms with Gasteiger partial charge in [0.1, 0.15) is 6.54 Å². The van der Waals surface area contributed by atoms with Crippen LogP contribution in [0.2, 0.25) is 5.02 Å². The third-order valence-corrected chi connectivity index (χ3v) is 6.79. The average molecular weight is 506 g/mol. The fourth-order valence-corrected chi connectivity index (χ4v) is 4.51. The fourth-order valence-electron chi connectivity index (χ4n) is 4.29. The van der Waals surface area contributed by atoms with Crippen molar-refractivity contribution in [2.75, 3.05) is 37.6 Å². The summed E-state index contributed by atoms with van der Waals surface area (Å²) in [7, 11) is 0. The summed E-state index contributed by atoms with van der Waals surface area (Å²) in [5.41, 5.74) is 3.49. The van der Waals surface area contributed by atoms with E-state index < -0.39 is 0 Å². The molecule has 8 heteroatoms. The van der Waals surface area contributed by atoms with Crippen LogP contribution in [0.4, 0.5) is 5.82 Å². The lowest BCUT2D eigenvalue weighted by molar-refractivity contribution is -0.132. The van der Waals surface area contributed by atoms with Gasteiger partial charge in [0.25, 0.3) is 5.91 Å². The lowest BCUT2D eigenvalue weighted by Crippen LogP contribution is -2.46. The molecule has 3 aromatic rings. The molecule has 0 saturated carbocycles. The van der Waals surface area contributed by atoms with Crippen LogP contribution in [0.3, 0.4) is 0 Å². The lowest BCUT2D eigenvalue weighted by Gasteiger charge is -2.30. The van der Waals surface area contributed by atoms with E-state index in [1.165, 1.54) is 5.56 Å². The molecule has 1 saturated heterocycles. The number of benzene rings is 2. The van der Waals surface area contributed by atoms with Crippen LogP contribution in [-0.2, 0) is 4.79 Å². The van der Waals surface area contributed by atoms with E-state index in [9.17, 15) is 9.59 Å². The Balaban J connectivity index is 1.38. The van der Waals surface area contributed by atoms with Crippen molar-refractivity contribution in [1.82, 2.24) is 20.0 Å². The minimum atomic E-state index is -0.232. The zero-order valence-electron chi connectivity index (χ0n) is 21.0. The van der Waals surface area contributed by atoms with E-state index in [4.69, 9.17) is 11.6 Å². The molecule has 188 valence electrons. The summed E-state index contributed by atoms with van der Waals surface area (Å²) in [6, 6.07) is 19.0. The Bertz CT molecular complexity index is 1200. The molecule has 2 amide bonds. The second-order valence-corrected chi connectivity index (χ2v) is 9.78. The highest BCUT2D eigenvalue weighted by Crippen LogP contribution is 2.21. The molecule has 0 atom stereocenters. The first-order valence-electron chi connectivity index (χ1n) is 12.3. The standard InChI is InChI=1S/C28H32ClN5O2/c1-20(2)34(28(36)23-7-4-5-8-24(23)29)19-27(35)33-16-6-15-32(17-18-33)26-14-13-25(30-31-26)22-11-9-21(3)10-12-22/h4-5,7-14,20H,6,15-19H2,1-3H3. The van der Waals surface area contributed by atoms with E-state index in [0.717, 1.165) is 30.0 Å². The molecule has 2 heterocycles. The van der Waals surface area contributed by atoms with Gasteiger partial charge in [0.2, 0.25) is 5.91 Å². The van der Waals surface area contributed by atoms with Crippen molar-refractivity contribution < 1.29 is 9.59 Å². The van der Waals surface area contributed by atoms with Crippen LogP contribution < -0.4 is 4.90 Å². The number of halogens is 1. The molecule has 4 rings (SSSR count). The van der Waals surface area contributed by atoms with Crippen molar-refractivity contribution in [3.63, 3.8) is 0 Å². The van der Waals surface area contributed by atoms with Gasteiger partial charge < -0.3 is 14.7 Å². The van der Waals surface area contributed by atoms with E-state index in [2.05, 4.69) is 34.2 Å². The van der Waals surface area contributed by atoms with Crippen LogP contribution in [0.15, 0.2) is 60.7 Å². The summed E-state index contributed by atoms with van der Waals surface area (Å²) in [5, 5.41) is 9.27. The summed E-state index contributed by atoms with van der Waals surface area (Å²) < 4.78 is 0. The topological polar surface area (TPSA) is 69.6 Å². The molecule has 1 aliphatic rings. The van der Waals surface area contributed by atoms with Crippen LogP contribution in [-0.4, -0.2) is 70.6 Å². The maximum Gasteiger partial charge on any atom is 0.256 e. The predicted molar refractivity (Wildman–Crippen MR) is 143 cm³/mol. The normalized spacial score (nSPS) is 14.0. The number of aromatic nitrogens is 2. The molecular formula is C28H32ClN5O2. The first-order chi connectivity index (χ1) is 17.3. The number of aryl methyl sites for hydroxylation is 1. The average Bonchev–Trinajstić information content (AvgIpc) is 3.14. The molecule has 0 unspecified atom stereocenters. The Hall–Kier alpha value is -3.45. The number of nitrogens with zero attached hydrogens (tertiary/aromatic N) is 5. The number of carbonyl (C=O) groups excluding carboxylic acids is 2. The van der Waals surface area contributed by atoms with Crippen LogP contribution >= 0.6 is 11.6 Å². The van der Waals surface area contributed by atoms with E-state index in [1.807, 2.05) is 43.0 Å². The second kappa shape index (κ2) is 11.5. The number of carbonyl (C=O) groups is 2. The summed E-state index contributed by atoms with van der Waals surface area (Å²) in [5.74, 6) is 0.508.